The van der Waals surface area contributed by atoms with Crippen LogP contribution in [0.5, 0.6) is 0 Å². The molecule has 4 nitrogen and oxygen atoms in total. The number of ether oxygens (including phenoxy) is 1. The molecule has 0 saturated heterocycles. The molecule has 5 heteroatoms. The lowest BCUT2D eigenvalue weighted by molar-refractivity contribution is 0.0480. The molecule has 1 fully saturated rings. The Bertz CT molecular complexity index is 370. The van der Waals surface area contributed by atoms with Gasteiger partial charge in [0.1, 0.15) is 0 Å². The highest BCUT2D eigenvalue weighted by molar-refractivity contribution is 9.10. The van der Waals surface area contributed by atoms with Crippen molar-refractivity contribution in [2.45, 2.75) is 38.3 Å². The topological polar surface area (TPSA) is 39.1 Å². The Hall–Kier alpha value is -0.390. The van der Waals surface area contributed by atoms with E-state index in [2.05, 4.69) is 33.3 Å². The summed E-state index contributed by atoms with van der Waals surface area (Å²) in [6.07, 6.45) is 5.77. The molecule has 0 amide bonds. The molecule has 2 rings (SSSR count). The molecule has 1 aliphatic carbocycles. The van der Waals surface area contributed by atoms with Gasteiger partial charge in [0.2, 0.25) is 0 Å². The lowest BCUT2D eigenvalue weighted by Crippen LogP contribution is -2.36. The first-order valence-corrected chi connectivity index (χ1v) is 7.41. The maximum atomic E-state index is 5.74. The van der Waals surface area contributed by atoms with Crippen LogP contribution in [-0.2, 0) is 11.8 Å². The second-order valence-corrected chi connectivity index (χ2v) is 5.83. The van der Waals surface area contributed by atoms with E-state index in [-0.39, 0.29) is 12.1 Å². The van der Waals surface area contributed by atoms with Crippen LogP contribution < -0.4 is 5.32 Å². The van der Waals surface area contributed by atoms with Gasteiger partial charge in [-0.1, -0.05) is 6.92 Å². The SMILES string of the molecule is CCCNC(c1c(Br)cnn1C)C(OC)C1CC1. The van der Waals surface area contributed by atoms with Crippen LogP contribution in [0.4, 0.5) is 0 Å². The Kier molecular flexibility index (Phi) is 4.81. The number of methoxy groups -OCH3 is 1. The van der Waals surface area contributed by atoms with Crippen molar-refractivity contribution in [3.63, 3.8) is 0 Å². The van der Waals surface area contributed by atoms with Gasteiger partial charge in [-0.15, -0.1) is 0 Å². The fraction of sp³-hybridized carbons (Fsp3) is 0.769. The minimum atomic E-state index is 0.212. The van der Waals surface area contributed by atoms with Crippen LogP contribution >= 0.6 is 15.9 Å². The fourth-order valence-corrected chi connectivity index (χ4v) is 3.06. The molecule has 0 aliphatic heterocycles. The molecule has 102 valence electrons. The predicted octanol–water partition coefficient (Wildman–Crippen LogP) is 2.65. The average molecular weight is 316 g/mol. The van der Waals surface area contributed by atoms with Gasteiger partial charge in [-0.2, -0.15) is 5.10 Å². The van der Waals surface area contributed by atoms with Gasteiger partial charge in [0, 0.05) is 14.2 Å². The van der Waals surface area contributed by atoms with Crippen molar-refractivity contribution >= 4 is 15.9 Å². The smallest absolute Gasteiger partial charge is 0.0809 e. The lowest BCUT2D eigenvalue weighted by atomic mass is 10.0. The summed E-state index contributed by atoms with van der Waals surface area (Å²) in [5.74, 6) is 0.686. The van der Waals surface area contributed by atoms with Gasteiger partial charge in [-0.05, 0) is 47.7 Å². The second-order valence-electron chi connectivity index (χ2n) is 4.97. The third kappa shape index (κ3) is 2.95. The number of hydrogen-bond acceptors (Lipinski definition) is 3. The van der Waals surface area contributed by atoms with Crippen LogP contribution in [0.15, 0.2) is 10.7 Å². The molecule has 0 bridgehead atoms. The molecule has 2 unspecified atom stereocenters. The molecule has 0 radical (unpaired) electrons. The molecule has 18 heavy (non-hydrogen) atoms. The maximum Gasteiger partial charge on any atom is 0.0809 e. The van der Waals surface area contributed by atoms with Gasteiger partial charge in [0.25, 0.3) is 0 Å². The maximum absolute atomic E-state index is 5.74. The molecular weight excluding hydrogens is 294 g/mol. The number of nitrogens with one attached hydrogen (secondary N) is 1. The van der Waals surface area contributed by atoms with E-state index in [1.165, 1.54) is 18.5 Å². The molecule has 1 N–H and O–H groups in total. The van der Waals surface area contributed by atoms with Crippen molar-refractivity contribution < 1.29 is 4.74 Å². The van der Waals surface area contributed by atoms with Crippen LogP contribution in [-0.4, -0.2) is 29.5 Å². The van der Waals surface area contributed by atoms with Gasteiger partial charge < -0.3 is 10.1 Å². The van der Waals surface area contributed by atoms with E-state index in [0.29, 0.717) is 5.92 Å². The van der Waals surface area contributed by atoms with Crippen molar-refractivity contribution in [2.24, 2.45) is 13.0 Å². The van der Waals surface area contributed by atoms with Crippen LogP contribution in [0.1, 0.15) is 37.9 Å². The first kappa shape index (κ1) is 14.0. The predicted molar refractivity (Wildman–Crippen MR) is 75.5 cm³/mol. The number of rotatable bonds is 7. The minimum absolute atomic E-state index is 0.212. The number of aryl methyl sites for hydroxylation is 1. The van der Waals surface area contributed by atoms with Crippen molar-refractivity contribution in [3.8, 4) is 0 Å². The zero-order valence-corrected chi connectivity index (χ0v) is 12.9. The summed E-state index contributed by atoms with van der Waals surface area (Å²) in [6.45, 7) is 3.18. The van der Waals surface area contributed by atoms with Gasteiger partial charge in [-0.25, -0.2) is 0 Å². The van der Waals surface area contributed by atoms with E-state index in [1.54, 1.807) is 0 Å². The third-order valence-corrected chi connectivity index (χ3v) is 4.14. The molecule has 1 saturated carbocycles. The van der Waals surface area contributed by atoms with Crippen molar-refractivity contribution in [3.05, 3.63) is 16.4 Å². The van der Waals surface area contributed by atoms with Gasteiger partial charge in [0.05, 0.1) is 28.5 Å². The quantitative estimate of drug-likeness (QED) is 0.840. The number of aromatic nitrogens is 2. The van der Waals surface area contributed by atoms with E-state index >= 15 is 0 Å². The normalized spacial score (nSPS) is 18.9. The first-order chi connectivity index (χ1) is 8.69. The summed E-state index contributed by atoms with van der Waals surface area (Å²) in [7, 11) is 3.80. The average Bonchev–Trinajstić information content (AvgIpc) is 3.13. The number of halogens is 1. The molecule has 1 aromatic rings. The number of hydrogen-bond donors (Lipinski definition) is 1. The van der Waals surface area contributed by atoms with Crippen LogP contribution in [0.3, 0.4) is 0 Å². The Morgan fingerprint density at radius 3 is 2.78 bits per heavy atom. The molecule has 2 atom stereocenters. The van der Waals surface area contributed by atoms with Crippen LogP contribution in [0, 0.1) is 5.92 Å². The Morgan fingerprint density at radius 2 is 2.33 bits per heavy atom. The van der Waals surface area contributed by atoms with Crippen molar-refractivity contribution in [1.82, 2.24) is 15.1 Å². The minimum Gasteiger partial charge on any atom is -0.379 e. The standard InChI is InChI=1S/C13H22BrN3O/c1-4-7-15-11(13(18-3)9-5-6-9)12-10(14)8-16-17(12)2/h8-9,11,13,15H,4-7H2,1-3H3. The lowest BCUT2D eigenvalue weighted by Gasteiger charge is -2.27. The van der Waals surface area contributed by atoms with E-state index in [1.807, 2.05) is 25.0 Å². The zero-order chi connectivity index (χ0) is 13.1. The van der Waals surface area contributed by atoms with Crippen LogP contribution in [0.2, 0.25) is 0 Å². The van der Waals surface area contributed by atoms with Crippen molar-refractivity contribution in [2.75, 3.05) is 13.7 Å². The zero-order valence-electron chi connectivity index (χ0n) is 11.3. The van der Waals surface area contributed by atoms with E-state index in [0.717, 1.165) is 17.4 Å². The molecular formula is C13H22BrN3O. The highest BCUT2D eigenvalue weighted by Crippen LogP contribution is 2.40. The molecule has 1 heterocycles. The summed E-state index contributed by atoms with van der Waals surface area (Å²) in [6, 6.07) is 0.212. The molecule has 0 spiro atoms. The van der Waals surface area contributed by atoms with Gasteiger partial charge >= 0.3 is 0 Å². The van der Waals surface area contributed by atoms with Crippen LogP contribution in [0.25, 0.3) is 0 Å². The monoisotopic (exact) mass is 315 g/mol. The third-order valence-electron chi connectivity index (χ3n) is 3.53. The van der Waals surface area contributed by atoms with E-state index < -0.39 is 0 Å². The summed E-state index contributed by atoms with van der Waals surface area (Å²) >= 11 is 3.60. The van der Waals surface area contributed by atoms with E-state index in [4.69, 9.17) is 4.74 Å². The second kappa shape index (κ2) is 6.17. The number of nitrogens with zero attached hydrogens (tertiary/aromatic N) is 2. The fourth-order valence-electron chi connectivity index (χ4n) is 2.46. The highest BCUT2D eigenvalue weighted by atomic mass is 79.9. The molecule has 1 aromatic heterocycles. The Labute approximate surface area is 117 Å². The first-order valence-electron chi connectivity index (χ1n) is 6.62. The molecule has 0 aromatic carbocycles. The van der Waals surface area contributed by atoms with E-state index in [9.17, 15) is 0 Å². The summed E-state index contributed by atoms with van der Waals surface area (Å²) in [4.78, 5) is 0. The Morgan fingerprint density at radius 1 is 1.61 bits per heavy atom. The van der Waals surface area contributed by atoms with Gasteiger partial charge in [0.15, 0.2) is 0 Å². The van der Waals surface area contributed by atoms with Gasteiger partial charge in [-0.3, -0.25) is 4.68 Å². The highest BCUT2D eigenvalue weighted by Gasteiger charge is 2.39. The molecule has 1 aliphatic rings. The Balaban J connectivity index is 2.23. The summed E-state index contributed by atoms with van der Waals surface area (Å²) in [5.41, 5.74) is 1.18. The van der Waals surface area contributed by atoms with Crippen molar-refractivity contribution in [1.29, 1.82) is 0 Å². The largest absolute Gasteiger partial charge is 0.379 e. The summed E-state index contributed by atoms with van der Waals surface area (Å²) < 4.78 is 8.74. The summed E-state index contributed by atoms with van der Waals surface area (Å²) in [5, 5.41) is 7.93.